The molecular formula is C13H20N4S. The van der Waals surface area contributed by atoms with Gasteiger partial charge in [-0.2, -0.15) is 4.98 Å². The second-order valence-corrected chi connectivity index (χ2v) is 5.09. The van der Waals surface area contributed by atoms with Crippen molar-refractivity contribution >= 4 is 33.3 Å². The van der Waals surface area contributed by atoms with Gasteiger partial charge >= 0.3 is 0 Å². The van der Waals surface area contributed by atoms with Crippen LogP contribution < -0.4 is 10.6 Å². The molecule has 0 saturated carbocycles. The molecule has 2 heterocycles. The van der Waals surface area contributed by atoms with Crippen molar-refractivity contribution in [1.29, 1.82) is 0 Å². The van der Waals surface area contributed by atoms with Crippen molar-refractivity contribution < 1.29 is 0 Å². The van der Waals surface area contributed by atoms with Crippen molar-refractivity contribution in [3.05, 3.63) is 11.4 Å². The maximum absolute atomic E-state index is 4.53. The van der Waals surface area contributed by atoms with Crippen molar-refractivity contribution in [2.75, 3.05) is 23.7 Å². The lowest BCUT2D eigenvalue weighted by Crippen LogP contribution is -2.07. The average Bonchev–Trinajstić information content (AvgIpc) is 2.83. The molecule has 0 aliphatic rings. The lowest BCUT2D eigenvalue weighted by atomic mass is 10.2. The highest BCUT2D eigenvalue weighted by Crippen LogP contribution is 2.26. The molecule has 98 valence electrons. The summed E-state index contributed by atoms with van der Waals surface area (Å²) in [6.45, 7) is 6.08. The van der Waals surface area contributed by atoms with Crippen LogP contribution in [0.25, 0.3) is 10.2 Å². The van der Waals surface area contributed by atoms with Crippen molar-refractivity contribution in [3.8, 4) is 0 Å². The second-order valence-electron chi connectivity index (χ2n) is 4.20. The molecule has 0 bridgehead atoms. The molecule has 0 aliphatic heterocycles. The van der Waals surface area contributed by atoms with Crippen LogP contribution in [0.4, 0.5) is 11.8 Å². The summed E-state index contributed by atoms with van der Waals surface area (Å²) in [4.78, 5) is 10.1. The van der Waals surface area contributed by atoms with Crippen LogP contribution in [0.1, 0.15) is 33.1 Å². The van der Waals surface area contributed by atoms with E-state index in [4.69, 9.17) is 0 Å². The summed E-state index contributed by atoms with van der Waals surface area (Å²) >= 11 is 1.65. The van der Waals surface area contributed by atoms with Gasteiger partial charge in [-0.3, -0.25) is 0 Å². The monoisotopic (exact) mass is 264 g/mol. The highest BCUT2D eigenvalue weighted by molar-refractivity contribution is 7.16. The van der Waals surface area contributed by atoms with Crippen molar-refractivity contribution in [2.45, 2.75) is 33.1 Å². The van der Waals surface area contributed by atoms with E-state index in [2.05, 4.69) is 45.9 Å². The minimum atomic E-state index is 0.713. The molecule has 2 aromatic heterocycles. The molecule has 5 heteroatoms. The van der Waals surface area contributed by atoms with Gasteiger partial charge in [-0.05, 0) is 24.8 Å². The minimum absolute atomic E-state index is 0.713. The molecule has 0 amide bonds. The van der Waals surface area contributed by atoms with Crippen LogP contribution in [-0.4, -0.2) is 23.1 Å². The summed E-state index contributed by atoms with van der Waals surface area (Å²) in [5.41, 5.74) is 0. The smallest absolute Gasteiger partial charge is 0.226 e. The number of unbranched alkanes of at least 4 members (excludes halogenated alkanes) is 2. The Labute approximate surface area is 112 Å². The van der Waals surface area contributed by atoms with E-state index < -0.39 is 0 Å². The SMILES string of the molecule is CCCCCNc1nc(NCC)nc2sccc12. The molecule has 0 atom stereocenters. The third-order valence-electron chi connectivity index (χ3n) is 2.73. The van der Waals surface area contributed by atoms with E-state index >= 15 is 0 Å². The predicted molar refractivity (Wildman–Crippen MR) is 79.6 cm³/mol. The largest absolute Gasteiger partial charge is 0.369 e. The molecule has 0 fully saturated rings. The molecule has 0 unspecified atom stereocenters. The topological polar surface area (TPSA) is 49.8 Å². The van der Waals surface area contributed by atoms with Gasteiger partial charge in [-0.1, -0.05) is 19.8 Å². The Balaban J connectivity index is 2.15. The summed E-state index contributed by atoms with van der Waals surface area (Å²) in [5.74, 6) is 1.67. The number of nitrogens with zero attached hydrogens (tertiary/aromatic N) is 2. The van der Waals surface area contributed by atoms with Crippen LogP contribution in [0.3, 0.4) is 0 Å². The van der Waals surface area contributed by atoms with Crippen LogP contribution in [-0.2, 0) is 0 Å². The first-order valence-corrected chi connectivity index (χ1v) is 7.46. The van der Waals surface area contributed by atoms with Crippen molar-refractivity contribution in [2.24, 2.45) is 0 Å². The fraction of sp³-hybridized carbons (Fsp3) is 0.538. The predicted octanol–water partition coefficient (Wildman–Crippen LogP) is 3.73. The summed E-state index contributed by atoms with van der Waals surface area (Å²) in [7, 11) is 0. The van der Waals surface area contributed by atoms with Gasteiger partial charge in [0.1, 0.15) is 10.6 Å². The lowest BCUT2D eigenvalue weighted by molar-refractivity contribution is 0.742. The zero-order valence-corrected chi connectivity index (χ0v) is 11.8. The van der Waals surface area contributed by atoms with Crippen LogP contribution in [0.2, 0.25) is 0 Å². The van der Waals surface area contributed by atoms with Gasteiger partial charge in [0, 0.05) is 13.1 Å². The number of hydrogen-bond donors (Lipinski definition) is 2. The van der Waals surface area contributed by atoms with Gasteiger partial charge in [-0.25, -0.2) is 4.98 Å². The molecule has 0 saturated heterocycles. The molecule has 0 aliphatic carbocycles. The van der Waals surface area contributed by atoms with Gasteiger partial charge in [0.2, 0.25) is 5.95 Å². The number of fused-ring (bicyclic) bond motifs is 1. The quantitative estimate of drug-likeness (QED) is 0.748. The second kappa shape index (κ2) is 6.54. The van der Waals surface area contributed by atoms with Gasteiger partial charge in [-0.15, -0.1) is 11.3 Å². The Bertz CT molecular complexity index is 495. The summed E-state index contributed by atoms with van der Waals surface area (Å²) in [6.07, 6.45) is 3.68. The highest BCUT2D eigenvalue weighted by Gasteiger charge is 2.07. The Morgan fingerprint density at radius 1 is 1.17 bits per heavy atom. The number of rotatable bonds is 7. The van der Waals surface area contributed by atoms with Crippen LogP contribution in [0.15, 0.2) is 11.4 Å². The van der Waals surface area contributed by atoms with E-state index in [0.717, 1.165) is 29.1 Å². The molecule has 18 heavy (non-hydrogen) atoms. The Morgan fingerprint density at radius 2 is 2.06 bits per heavy atom. The van der Waals surface area contributed by atoms with E-state index in [1.54, 1.807) is 11.3 Å². The van der Waals surface area contributed by atoms with E-state index in [1.165, 1.54) is 19.3 Å². The summed E-state index contributed by atoms with van der Waals surface area (Å²) in [6, 6.07) is 2.08. The first-order chi connectivity index (χ1) is 8.85. The molecule has 0 radical (unpaired) electrons. The van der Waals surface area contributed by atoms with E-state index in [0.29, 0.717) is 5.95 Å². The number of anilines is 2. The average molecular weight is 264 g/mol. The molecule has 2 aromatic rings. The minimum Gasteiger partial charge on any atom is -0.369 e. The molecule has 0 aromatic carbocycles. The molecule has 4 nitrogen and oxygen atoms in total. The van der Waals surface area contributed by atoms with Gasteiger partial charge in [0.05, 0.1) is 5.39 Å². The number of thiophene rings is 1. The molecule has 2 N–H and O–H groups in total. The van der Waals surface area contributed by atoms with E-state index in [1.807, 2.05) is 0 Å². The highest BCUT2D eigenvalue weighted by atomic mass is 32.1. The number of hydrogen-bond acceptors (Lipinski definition) is 5. The maximum Gasteiger partial charge on any atom is 0.226 e. The molecule has 2 rings (SSSR count). The van der Waals surface area contributed by atoms with Crippen LogP contribution >= 0.6 is 11.3 Å². The third kappa shape index (κ3) is 3.10. The fourth-order valence-electron chi connectivity index (χ4n) is 1.81. The Kier molecular flexibility index (Phi) is 4.75. The zero-order chi connectivity index (χ0) is 12.8. The normalized spacial score (nSPS) is 10.8. The van der Waals surface area contributed by atoms with E-state index in [9.17, 15) is 0 Å². The molecule has 0 spiro atoms. The lowest BCUT2D eigenvalue weighted by Gasteiger charge is -2.08. The van der Waals surface area contributed by atoms with Gasteiger partial charge in [0.25, 0.3) is 0 Å². The number of aromatic nitrogens is 2. The van der Waals surface area contributed by atoms with Crippen molar-refractivity contribution in [1.82, 2.24) is 9.97 Å². The van der Waals surface area contributed by atoms with Gasteiger partial charge < -0.3 is 10.6 Å². The van der Waals surface area contributed by atoms with Gasteiger partial charge in [0.15, 0.2) is 0 Å². The first-order valence-electron chi connectivity index (χ1n) is 6.58. The van der Waals surface area contributed by atoms with E-state index in [-0.39, 0.29) is 0 Å². The Hall–Kier alpha value is -1.36. The first kappa shape index (κ1) is 13.1. The number of nitrogens with one attached hydrogen (secondary N) is 2. The Morgan fingerprint density at radius 3 is 2.83 bits per heavy atom. The van der Waals surface area contributed by atoms with Crippen LogP contribution in [0, 0.1) is 0 Å². The third-order valence-corrected chi connectivity index (χ3v) is 3.54. The van der Waals surface area contributed by atoms with Crippen LogP contribution in [0.5, 0.6) is 0 Å². The maximum atomic E-state index is 4.53. The summed E-state index contributed by atoms with van der Waals surface area (Å²) in [5, 5.41) is 9.78. The fourth-order valence-corrected chi connectivity index (χ4v) is 2.57. The summed E-state index contributed by atoms with van der Waals surface area (Å²) < 4.78 is 0. The molecular weight excluding hydrogens is 244 g/mol. The zero-order valence-electron chi connectivity index (χ0n) is 11.0. The van der Waals surface area contributed by atoms with Crippen molar-refractivity contribution in [3.63, 3.8) is 0 Å². The standard InChI is InChI=1S/C13H20N4S/c1-3-5-6-8-15-11-10-7-9-18-12(10)17-13(16-11)14-4-2/h7,9H,3-6,8H2,1-2H3,(H2,14,15,16,17).